The monoisotopic (exact) mass is 521 g/mol. The number of hydrogen-bond donors (Lipinski definition) is 2. The number of anilines is 1. The first-order valence-corrected chi connectivity index (χ1v) is 11.9. The lowest BCUT2D eigenvalue weighted by molar-refractivity contribution is -0.0422. The lowest BCUT2D eigenvalue weighted by Crippen LogP contribution is -2.29. The van der Waals surface area contributed by atoms with Gasteiger partial charge in [-0.1, -0.05) is 0 Å². The summed E-state index contributed by atoms with van der Waals surface area (Å²) in [6.45, 7) is -0.130. The number of aliphatic hydroxyl groups is 1. The smallest absolute Gasteiger partial charge is 0.463 e. The van der Waals surface area contributed by atoms with E-state index in [9.17, 15) is 14.3 Å². The van der Waals surface area contributed by atoms with Gasteiger partial charge in [-0.2, -0.15) is 4.98 Å². The standard InChI is InChI=1S/C23H25FN3O8P/c1-30-14-3-7-16(8-4-14)34-36(35-17-9-5-15(31-2)6-10-17)32-13-20-19(28)11-21(33-20)27-12-18(24)22(25)26-23(27)29/h3-10,12,19-21,28H,11,13H2,1-2H3,(H2,25,26,29). The summed E-state index contributed by atoms with van der Waals surface area (Å²) in [4.78, 5) is 15.5. The number of nitrogens with two attached hydrogens (primary N) is 1. The van der Waals surface area contributed by atoms with Crippen LogP contribution in [0.5, 0.6) is 23.0 Å². The first-order chi connectivity index (χ1) is 17.4. The number of methoxy groups -OCH3 is 2. The molecule has 11 nitrogen and oxygen atoms in total. The Labute approximate surface area is 207 Å². The molecule has 0 radical (unpaired) electrons. The van der Waals surface area contributed by atoms with Crippen molar-refractivity contribution in [3.8, 4) is 23.0 Å². The molecule has 0 saturated carbocycles. The average molecular weight is 521 g/mol. The molecular weight excluding hydrogens is 496 g/mol. The molecule has 2 heterocycles. The molecule has 0 aliphatic carbocycles. The molecule has 1 fully saturated rings. The highest BCUT2D eigenvalue weighted by Crippen LogP contribution is 2.43. The zero-order chi connectivity index (χ0) is 25.7. The molecule has 0 bridgehead atoms. The van der Waals surface area contributed by atoms with Gasteiger partial charge in [0.2, 0.25) is 0 Å². The number of aliphatic hydroxyl groups excluding tert-OH is 1. The number of hydrogen-bond acceptors (Lipinski definition) is 10. The summed E-state index contributed by atoms with van der Waals surface area (Å²) >= 11 is 0. The minimum atomic E-state index is -1.99. The van der Waals surface area contributed by atoms with Gasteiger partial charge < -0.3 is 34.1 Å². The van der Waals surface area contributed by atoms with Gasteiger partial charge in [-0.05, 0) is 48.5 Å². The van der Waals surface area contributed by atoms with Crippen LogP contribution in [0.3, 0.4) is 0 Å². The zero-order valence-electron chi connectivity index (χ0n) is 19.4. The van der Waals surface area contributed by atoms with Gasteiger partial charge in [0.15, 0.2) is 11.6 Å². The van der Waals surface area contributed by atoms with Gasteiger partial charge in [0.1, 0.15) is 35.3 Å². The van der Waals surface area contributed by atoms with Crippen molar-refractivity contribution in [1.82, 2.24) is 9.55 Å². The molecule has 3 atom stereocenters. The van der Waals surface area contributed by atoms with E-state index in [1.54, 1.807) is 62.8 Å². The first-order valence-electron chi connectivity index (χ1n) is 10.8. The molecule has 192 valence electrons. The predicted molar refractivity (Wildman–Crippen MR) is 128 cm³/mol. The Morgan fingerprint density at radius 1 is 1.06 bits per heavy atom. The number of benzene rings is 2. The topological polar surface area (TPSA) is 137 Å². The number of nitrogen functional groups attached to an aromatic ring is 1. The van der Waals surface area contributed by atoms with Crippen molar-refractivity contribution >= 4 is 14.4 Å². The molecule has 3 aromatic rings. The summed E-state index contributed by atoms with van der Waals surface area (Å²) in [6, 6.07) is 13.7. The fraction of sp³-hybridized carbons (Fsp3) is 0.304. The maximum absolute atomic E-state index is 13.8. The van der Waals surface area contributed by atoms with Crippen molar-refractivity contribution in [3.05, 3.63) is 71.0 Å². The molecule has 13 heteroatoms. The van der Waals surface area contributed by atoms with Crippen LogP contribution in [0.2, 0.25) is 0 Å². The minimum Gasteiger partial charge on any atom is -0.497 e. The summed E-state index contributed by atoms with van der Waals surface area (Å²) < 4.78 is 48.5. The molecular formula is C23H25FN3O8P. The zero-order valence-corrected chi connectivity index (χ0v) is 20.3. The predicted octanol–water partition coefficient (Wildman–Crippen LogP) is 3.03. The third kappa shape index (κ3) is 6.21. The van der Waals surface area contributed by atoms with Crippen LogP contribution < -0.4 is 29.9 Å². The molecule has 2 aromatic carbocycles. The van der Waals surface area contributed by atoms with E-state index in [0.717, 1.165) is 10.8 Å². The Morgan fingerprint density at radius 3 is 2.11 bits per heavy atom. The Hall–Kier alpha value is -3.44. The van der Waals surface area contributed by atoms with Gasteiger partial charge in [-0.25, -0.2) is 9.18 Å². The summed E-state index contributed by atoms with van der Waals surface area (Å²) in [7, 11) is 1.12. The molecule has 0 spiro atoms. The number of rotatable bonds is 10. The van der Waals surface area contributed by atoms with Crippen molar-refractivity contribution in [2.75, 3.05) is 26.6 Å². The van der Waals surface area contributed by atoms with Crippen LogP contribution in [0.15, 0.2) is 59.5 Å². The average Bonchev–Trinajstić information content (AvgIpc) is 3.25. The van der Waals surface area contributed by atoms with Gasteiger partial charge in [0, 0.05) is 6.42 Å². The fourth-order valence-electron chi connectivity index (χ4n) is 3.35. The molecule has 1 aliphatic rings. The summed E-state index contributed by atoms with van der Waals surface area (Å²) in [6.07, 6.45) is -1.86. The SMILES string of the molecule is COc1ccc(OP(OCC2OC(n3cc(F)c(N)nc3=O)CC2O)Oc2ccc(OC)cc2)cc1. The van der Waals surface area contributed by atoms with E-state index in [1.165, 1.54) is 0 Å². The van der Waals surface area contributed by atoms with E-state index in [-0.39, 0.29) is 13.0 Å². The second-order valence-corrected chi connectivity index (χ2v) is 8.72. The molecule has 1 saturated heterocycles. The number of ether oxygens (including phenoxy) is 3. The maximum Gasteiger partial charge on any atom is 0.463 e. The molecule has 1 aliphatic heterocycles. The minimum absolute atomic E-state index is 0.0234. The first kappa shape index (κ1) is 25.6. The van der Waals surface area contributed by atoms with Crippen molar-refractivity contribution in [2.45, 2.75) is 24.9 Å². The van der Waals surface area contributed by atoms with Gasteiger partial charge >= 0.3 is 14.3 Å². The van der Waals surface area contributed by atoms with Crippen molar-refractivity contribution < 1.29 is 37.3 Å². The van der Waals surface area contributed by atoms with E-state index in [0.29, 0.717) is 23.0 Å². The second kappa shape index (κ2) is 11.5. The lowest BCUT2D eigenvalue weighted by Gasteiger charge is -2.21. The van der Waals surface area contributed by atoms with Crippen molar-refractivity contribution in [3.63, 3.8) is 0 Å². The van der Waals surface area contributed by atoms with Crippen LogP contribution in [0, 0.1) is 5.82 Å². The lowest BCUT2D eigenvalue weighted by atomic mass is 10.2. The third-order valence-electron chi connectivity index (χ3n) is 5.27. The van der Waals surface area contributed by atoms with Gasteiger partial charge in [0.25, 0.3) is 0 Å². The largest absolute Gasteiger partial charge is 0.497 e. The summed E-state index contributed by atoms with van der Waals surface area (Å²) in [5.74, 6) is 0.873. The van der Waals surface area contributed by atoms with E-state index in [1.807, 2.05) is 0 Å². The van der Waals surface area contributed by atoms with Crippen LogP contribution in [-0.4, -0.2) is 47.7 Å². The molecule has 4 rings (SSSR count). The normalized spacial score (nSPS) is 19.3. The summed E-state index contributed by atoms with van der Waals surface area (Å²) in [5.41, 5.74) is 4.54. The highest BCUT2D eigenvalue weighted by molar-refractivity contribution is 7.42. The van der Waals surface area contributed by atoms with Gasteiger partial charge in [-0.15, -0.1) is 0 Å². The van der Waals surface area contributed by atoms with Crippen LogP contribution in [0.25, 0.3) is 0 Å². The maximum atomic E-state index is 13.8. The van der Waals surface area contributed by atoms with E-state index in [4.69, 9.17) is 33.5 Å². The number of nitrogens with zero attached hydrogens (tertiary/aromatic N) is 2. The summed E-state index contributed by atoms with van der Waals surface area (Å²) in [5, 5.41) is 10.5. The Bertz CT molecular complexity index is 1160. The fourth-order valence-corrected chi connectivity index (χ4v) is 4.35. The molecule has 3 N–H and O–H groups in total. The third-order valence-corrected chi connectivity index (χ3v) is 6.35. The Balaban J connectivity index is 1.44. The van der Waals surface area contributed by atoms with Crippen LogP contribution in [-0.2, 0) is 9.26 Å². The van der Waals surface area contributed by atoms with Crippen molar-refractivity contribution in [1.29, 1.82) is 0 Å². The Morgan fingerprint density at radius 2 is 1.58 bits per heavy atom. The highest BCUT2D eigenvalue weighted by Gasteiger charge is 2.37. The quantitative estimate of drug-likeness (QED) is 0.383. The Kier molecular flexibility index (Phi) is 8.21. The van der Waals surface area contributed by atoms with E-state index in [2.05, 4.69) is 4.98 Å². The van der Waals surface area contributed by atoms with Gasteiger partial charge in [0.05, 0.1) is 33.1 Å². The molecule has 0 amide bonds. The van der Waals surface area contributed by atoms with Crippen LogP contribution in [0.4, 0.5) is 10.2 Å². The van der Waals surface area contributed by atoms with Gasteiger partial charge in [-0.3, -0.25) is 9.09 Å². The molecule has 1 aromatic heterocycles. The number of halogens is 1. The van der Waals surface area contributed by atoms with Crippen LogP contribution in [0.1, 0.15) is 12.6 Å². The number of aromatic nitrogens is 2. The second-order valence-electron chi connectivity index (χ2n) is 7.65. The van der Waals surface area contributed by atoms with E-state index < -0.39 is 44.4 Å². The van der Waals surface area contributed by atoms with Crippen molar-refractivity contribution in [2.24, 2.45) is 0 Å². The molecule has 3 unspecified atom stereocenters. The molecule has 36 heavy (non-hydrogen) atoms. The van der Waals surface area contributed by atoms with E-state index >= 15 is 0 Å². The van der Waals surface area contributed by atoms with Crippen LogP contribution >= 0.6 is 8.60 Å². The highest BCUT2D eigenvalue weighted by atomic mass is 31.2.